The largest absolute Gasteiger partial charge is 0.457 e. The van der Waals surface area contributed by atoms with E-state index in [1.165, 1.54) is 10.3 Å². The lowest BCUT2D eigenvalue weighted by Crippen LogP contribution is -2.08. The second-order valence-electron chi connectivity index (χ2n) is 5.48. The van der Waals surface area contributed by atoms with E-state index < -0.39 is 0 Å². The molecule has 0 spiro atoms. The van der Waals surface area contributed by atoms with E-state index in [2.05, 4.69) is 4.98 Å². The molecule has 23 heavy (non-hydrogen) atoms. The van der Waals surface area contributed by atoms with E-state index in [9.17, 15) is 4.79 Å². The summed E-state index contributed by atoms with van der Waals surface area (Å²) in [4.78, 5) is 16.4. The maximum absolute atomic E-state index is 12.1. The van der Waals surface area contributed by atoms with E-state index in [0.29, 0.717) is 16.7 Å². The minimum Gasteiger partial charge on any atom is -0.457 e. The quantitative estimate of drug-likeness (QED) is 0.565. The number of benzene rings is 2. The minimum absolute atomic E-state index is 0.174. The molecule has 0 aliphatic heterocycles. The highest BCUT2D eigenvalue weighted by molar-refractivity contribution is 5.96. The molecule has 114 valence electrons. The zero-order valence-corrected chi connectivity index (χ0v) is 12.7. The molecule has 0 N–H and O–H groups in total. The summed E-state index contributed by atoms with van der Waals surface area (Å²) < 4.78 is 12.6. The van der Waals surface area contributed by atoms with Crippen molar-refractivity contribution >= 4 is 21.9 Å². The second kappa shape index (κ2) is 4.98. The summed E-state index contributed by atoms with van der Waals surface area (Å²) in [6.45, 7) is 2.02. The molecule has 0 fully saturated rings. The van der Waals surface area contributed by atoms with Gasteiger partial charge in [0, 0.05) is 24.7 Å². The molecule has 2 aromatic heterocycles. The Bertz CT molecular complexity index is 1080. The second-order valence-corrected chi connectivity index (χ2v) is 5.48. The van der Waals surface area contributed by atoms with Gasteiger partial charge in [0.1, 0.15) is 11.5 Å². The maximum Gasteiger partial charge on any atom is 0.290 e. The van der Waals surface area contributed by atoms with Gasteiger partial charge in [0.2, 0.25) is 0 Å². The lowest BCUT2D eigenvalue weighted by Gasteiger charge is -2.08. The van der Waals surface area contributed by atoms with Crippen molar-refractivity contribution in [1.82, 2.24) is 9.72 Å². The van der Waals surface area contributed by atoms with Gasteiger partial charge in [-0.1, -0.05) is 17.7 Å². The fourth-order valence-electron chi connectivity index (χ4n) is 2.57. The lowest BCUT2D eigenvalue weighted by atomic mass is 10.1. The van der Waals surface area contributed by atoms with Crippen LogP contribution in [0.5, 0.6) is 11.5 Å². The van der Waals surface area contributed by atoms with Gasteiger partial charge in [-0.15, -0.1) is 0 Å². The summed E-state index contributed by atoms with van der Waals surface area (Å²) in [5.41, 5.74) is 2.23. The molecule has 2 aromatic carbocycles. The molecule has 4 rings (SSSR count). The topological polar surface area (TPSA) is 57.3 Å². The number of nitrogens with zero attached hydrogens (tertiary/aromatic N) is 2. The van der Waals surface area contributed by atoms with Gasteiger partial charge < -0.3 is 9.26 Å². The molecular weight excluding hydrogens is 292 g/mol. The molecule has 0 unspecified atom stereocenters. The van der Waals surface area contributed by atoms with Crippen LogP contribution in [-0.2, 0) is 7.05 Å². The van der Waals surface area contributed by atoms with Crippen LogP contribution in [0.25, 0.3) is 21.9 Å². The summed E-state index contributed by atoms with van der Waals surface area (Å²) in [5, 5.41) is 1.29. The van der Waals surface area contributed by atoms with Gasteiger partial charge in [-0.3, -0.25) is 9.78 Å². The monoisotopic (exact) mass is 306 g/mol. The Balaban J connectivity index is 1.90. The third-order valence-electron chi connectivity index (χ3n) is 3.80. The molecule has 5 nitrogen and oxygen atoms in total. The van der Waals surface area contributed by atoms with Crippen LogP contribution in [0.15, 0.2) is 58.0 Å². The number of ether oxygens (including phenoxy) is 1. The van der Waals surface area contributed by atoms with Crippen LogP contribution in [0, 0.1) is 6.92 Å². The summed E-state index contributed by atoms with van der Waals surface area (Å²) in [6, 6.07) is 13.1. The van der Waals surface area contributed by atoms with E-state index in [-0.39, 0.29) is 5.56 Å². The van der Waals surface area contributed by atoms with Gasteiger partial charge in [0.25, 0.3) is 5.56 Å². The number of aryl methyl sites for hydroxylation is 2. The van der Waals surface area contributed by atoms with Crippen molar-refractivity contribution in [1.29, 1.82) is 0 Å². The van der Waals surface area contributed by atoms with Gasteiger partial charge in [-0.25, -0.2) is 0 Å². The SMILES string of the molecule is Cc1ccc(Oc2ccnc3cc4on(C)c(=O)c4cc23)cc1. The molecule has 5 heteroatoms. The summed E-state index contributed by atoms with van der Waals surface area (Å²) >= 11 is 0. The molecule has 0 aliphatic rings. The van der Waals surface area contributed by atoms with Crippen molar-refractivity contribution in [2.45, 2.75) is 6.92 Å². The fraction of sp³-hybridized carbons (Fsp3) is 0.111. The Morgan fingerprint density at radius 2 is 1.87 bits per heavy atom. The molecule has 0 amide bonds. The first-order valence-corrected chi connectivity index (χ1v) is 7.25. The normalized spacial score (nSPS) is 11.2. The van der Waals surface area contributed by atoms with Gasteiger partial charge in [0.05, 0.1) is 10.9 Å². The number of aromatic nitrogens is 2. The highest BCUT2D eigenvalue weighted by atomic mass is 16.5. The predicted octanol–water partition coefficient (Wildman–Crippen LogP) is 3.78. The molecule has 0 saturated heterocycles. The molecule has 2 heterocycles. The van der Waals surface area contributed by atoms with Crippen LogP contribution in [0.1, 0.15) is 5.56 Å². The van der Waals surface area contributed by atoms with Crippen molar-refractivity contribution in [3.63, 3.8) is 0 Å². The number of hydrogen-bond acceptors (Lipinski definition) is 4. The summed E-state index contributed by atoms with van der Waals surface area (Å²) in [5.74, 6) is 1.40. The third-order valence-corrected chi connectivity index (χ3v) is 3.80. The Labute approximate surface area is 131 Å². The first kappa shape index (κ1) is 13.6. The highest BCUT2D eigenvalue weighted by Crippen LogP contribution is 2.31. The van der Waals surface area contributed by atoms with Crippen molar-refractivity contribution in [3.8, 4) is 11.5 Å². The fourth-order valence-corrected chi connectivity index (χ4v) is 2.57. The standard InChI is InChI=1S/C18H14N2O3/c1-11-3-5-12(6-4-11)22-16-7-8-19-15-10-17-14(9-13(15)16)18(21)20(2)23-17/h3-10H,1-2H3. The van der Waals surface area contributed by atoms with Gasteiger partial charge in [-0.05, 0) is 31.2 Å². The van der Waals surface area contributed by atoms with Gasteiger partial charge in [-0.2, -0.15) is 4.74 Å². The van der Waals surface area contributed by atoms with Crippen LogP contribution >= 0.6 is 0 Å². The lowest BCUT2D eigenvalue weighted by molar-refractivity contribution is 0.324. The van der Waals surface area contributed by atoms with Gasteiger partial charge in [0.15, 0.2) is 5.58 Å². The smallest absolute Gasteiger partial charge is 0.290 e. The van der Waals surface area contributed by atoms with Crippen molar-refractivity contribution in [2.24, 2.45) is 7.05 Å². The van der Waals surface area contributed by atoms with E-state index in [4.69, 9.17) is 9.26 Å². The molecule has 0 bridgehead atoms. The van der Waals surface area contributed by atoms with E-state index in [1.54, 1.807) is 31.4 Å². The van der Waals surface area contributed by atoms with Crippen LogP contribution in [-0.4, -0.2) is 9.72 Å². The number of pyridine rings is 1. The molecule has 0 aliphatic carbocycles. The Morgan fingerprint density at radius 1 is 1.09 bits per heavy atom. The molecule has 0 atom stereocenters. The Morgan fingerprint density at radius 3 is 2.65 bits per heavy atom. The number of rotatable bonds is 2. The first-order valence-electron chi connectivity index (χ1n) is 7.25. The predicted molar refractivity (Wildman–Crippen MR) is 88.0 cm³/mol. The average Bonchev–Trinajstić information content (AvgIpc) is 2.82. The van der Waals surface area contributed by atoms with Crippen molar-refractivity contribution in [2.75, 3.05) is 0 Å². The summed E-state index contributed by atoms with van der Waals surface area (Å²) in [7, 11) is 1.59. The summed E-state index contributed by atoms with van der Waals surface area (Å²) in [6.07, 6.45) is 1.68. The van der Waals surface area contributed by atoms with Crippen LogP contribution in [0.3, 0.4) is 0 Å². The molecule has 0 radical (unpaired) electrons. The minimum atomic E-state index is -0.174. The van der Waals surface area contributed by atoms with Crippen LogP contribution < -0.4 is 10.3 Å². The highest BCUT2D eigenvalue weighted by Gasteiger charge is 2.12. The van der Waals surface area contributed by atoms with Gasteiger partial charge >= 0.3 is 0 Å². The average molecular weight is 306 g/mol. The van der Waals surface area contributed by atoms with Crippen LogP contribution in [0.4, 0.5) is 0 Å². The van der Waals surface area contributed by atoms with E-state index in [1.807, 2.05) is 31.2 Å². The molecular formula is C18H14N2O3. The number of fused-ring (bicyclic) bond motifs is 2. The zero-order valence-electron chi connectivity index (χ0n) is 12.7. The molecule has 0 saturated carbocycles. The first-order chi connectivity index (χ1) is 11.1. The Hall–Kier alpha value is -3.08. The maximum atomic E-state index is 12.1. The number of hydrogen-bond donors (Lipinski definition) is 0. The third kappa shape index (κ3) is 2.26. The Kier molecular flexibility index (Phi) is 2.94. The molecule has 4 aromatic rings. The zero-order chi connectivity index (χ0) is 16.0. The van der Waals surface area contributed by atoms with Crippen LogP contribution in [0.2, 0.25) is 0 Å². The van der Waals surface area contributed by atoms with E-state index >= 15 is 0 Å². The van der Waals surface area contributed by atoms with E-state index in [0.717, 1.165) is 16.7 Å². The van der Waals surface area contributed by atoms with Crippen molar-refractivity contribution < 1.29 is 9.26 Å². The van der Waals surface area contributed by atoms with Crippen molar-refractivity contribution in [3.05, 3.63) is 64.6 Å².